The third kappa shape index (κ3) is 4.74. The van der Waals surface area contributed by atoms with Crippen LogP contribution in [0.15, 0.2) is 54.6 Å². The van der Waals surface area contributed by atoms with Crippen LogP contribution in [0, 0.1) is 0 Å². The van der Waals surface area contributed by atoms with Gasteiger partial charge in [-0.1, -0.05) is 18.2 Å². The molecular weight excluding hydrogens is 380 g/mol. The Labute approximate surface area is 177 Å². The molecule has 2 aromatic carbocycles. The van der Waals surface area contributed by atoms with Gasteiger partial charge in [-0.2, -0.15) is 0 Å². The molecule has 7 heteroatoms. The average Bonchev–Trinajstić information content (AvgIpc) is 2.80. The van der Waals surface area contributed by atoms with Crippen molar-refractivity contribution in [2.45, 2.75) is 0 Å². The SMILES string of the molecule is O=C(CN1CCN(C(=O)c2ccccc2)CC1)N1CCN(c2ccc(O)cc2)CC1. The zero-order valence-electron chi connectivity index (χ0n) is 17.1. The Kier molecular flexibility index (Phi) is 6.18. The summed E-state index contributed by atoms with van der Waals surface area (Å²) in [6.07, 6.45) is 0. The smallest absolute Gasteiger partial charge is 0.253 e. The number of carbonyl (C=O) groups excluding carboxylic acids is 2. The van der Waals surface area contributed by atoms with Crippen LogP contribution >= 0.6 is 0 Å². The first-order chi connectivity index (χ1) is 14.6. The second kappa shape index (κ2) is 9.17. The number of piperazine rings is 2. The second-order valence-corrected chi connectivity index (χ2v) is 7.82. The minimum Gasteiger partial charge on any atom is -0.508 e. The zero-order valence-corrected chi connectivity index (χ0v) is 17.1. The van der Waals surface area contributed by atoms with E-state index in [1.165, 1.54) is 0 Å². The molecule has 2 amide bonds. The molecule has 0 aliphatic carbocycles. The van der Waals surface area contributed by atoms with Gasteiger partial charge in [0.1, 0.15) is 5.75 Å². The number of amides is 2. The van der Waals surface area contributed by atoms with Crippen LogP contribution in [0.5, 0.6) is 5.75 Å². The summed E-state index contributed by atoms with van der Waals surface area (Å²) >= 11 is 0. The maximum absolute atomic E-state index is 12.7. The van der Waals surface area contributed by atoms with Gasteiger partial charge in [-0.3, -0.25) is 14.5 Å². The largest absolute Gasteiger partial charge is 0.508 e. The molecule has 0 atom stereocenters. The highest BCUT2D eigenvalue weighted by molar-refractivity contribution is 5.94. The van der Waals surface area contributed by atoms with E-state index in [0.717, 1.165) is 31.9 Å². The van der Waals surface area contributed by atoms with Gasteiger partial charge >= 0.3 is 0 Å². The van der Waals surface area contributed by atoms with Crippen LogP contribution in [0.25, 0.3) is 0 Å². The molecule has 2 heterocycles. The van der Waals surface area contributed by atoms with Gasteiger partial charge in [0.05, 0.1) is 6.54 Å². The van der Waals surface area contributed by atoms with E-state index < -0.39 is 0 Å². The monoisotopic (exact) mass is 408 g/mol. The van der Waals surface area contributed by atoms with Gasteiger partial charge in [0.15, 0.2) is 0 Å². The minimum atomic E-state index is 0.0620. The Balaban J connectivity index is 1.22. The van der Waals surface area contributed by atoms with Crippen molar-refractivity contribution in [3.63, 3.8) is 0 Å². The van der Waals surface area contributed by atoms with Crippen LogP contribution in [0.2, 0.25) is 0 Å². The topological polar surface area (TPSA) is 67.3 Å². The van der Waals surface area contributed by atoms with E-state index in [4.69, 9.17) is 0 Å². The lowest BCUT2D eigenvalue weighted by Gasteiger charge is -2.38. The molecule has 0 saturated carbocycles. The summed E-state index contributed by atoms with van der Waals surface area (Å²) in [5, 5.41) is 9.43. The predicted molar refractivity (Wildman–Crippen MR) is 116 cm³/mol. The van der Waals surface area contributed by atoms with Gasteiger partial charge in [0, 0.05) is 63.6 Å². The van der Waals surface area contributed by atoms with E-state index in [0.29, 0.717) is 38.3 Å². The lowest BCUT2D eigenvalue weighted by Crippen LogP contribution is -2.54. The molecule has 0 bridgehead atoms. The first-order valence-electron chi connectivity index (χ1n) is 10.5. The fourth-order valence-corrected chi connectivity index (χ4v) is 4.04. The van der Waals surface area contributed by atoms with Crippen molar-refractivity contribution < 1.29 is 14.7 Å². The van der Waals surface area contributed by atoms with Crippen LogP contribution in [0.1, 0.15) is 10.4 Å². The van der Waals surface area contributed by atoms with Gasteiger partial charge in [0.25, 0.3) is 5.91 Å². The molecule has 0 spiro atoms. The van der Waals surface area contributed by atoms with Crippen LogP contribution in [-0.2, 0) is 4.79 Å². The number of phenols is 1. The van der Waals surface area contributed by atoms with E-state index in [1.54, 1.807) is 12.1 Å². The van der Waals surface area contributed by atoms with Crippen molar-refractivity contribution in [2.24, 2.45) is 0 Å². The van der Waals surface area contributed by atoms with E-state index >= 15 is 0 Å². The second-order valence-electron chi connectivity index (χ2n) is 7.82. The van der Waals surface area contributed by atoms with E-state index in [-0.39, 0.29) is 17.6 Å². The molecule has 2 aliphatic heterocycles. The first-order valence-corrected chi connectivity index (χ1v) is 10.5. The molecule has 158 valence electrons. The molecule has 30 heavy (non-hydrogen) atoms. The Bertz CT molecular complexity index is 856. The van der Waals surface area contributed by atoms with Crippen LogP contribution in [0.3, 0.4) is 0 Å². The molecule has 2 saturated heterocycles. The van der Waals surface area contributed by atoms with Gasteiger partial charge in [-0.05, 0) is 36.4 Å². The molecule has 4 rings (SSSR count). The van der Waals surface area contributed by atoms with Crippen molar-refractivity contribution in [1.29, 1.82) is 0 Å². The third-order valence-corrected chi connectivity index (χ3v) is 5.89. The number of aromatic hydroxyl groups is 1. The number of benzene rings is 2. The Hall–Kier alpha value is -3.06. The molecule has 2 fully saturated rings. The third-order valence-electron chi connectivity index (χ3n) is 5.89. The van der Waals surface area contributed by atoms with Crippen molar-refractivity contribution in [1.82, 2.24) is 14.7 Å². The molecule has 1 N–H and O–H groups in total. The summed E-state index contributed by atoms with van der Waals surface area (Å²) < 4.78 is 0. The summed E-state index contributed by atoms with van der Waals surface area (Å²) in [6.45, 7) is 6.12. The van der Waals surface area contributed by atoms with Crippen LogP contribution in [-0.4, -0.2) is 90.5 Å². The van der Waals surface area contributed by atoms with Crippen molar-refractivity contribution in [3.05, 3.63) is 60.2 Å². The molecule has 0 unspecified atom stereocenters. The molecule has 7 nitrogen and oxygen atoms in total. The number of hydrogen-bond donors (Lipinski definition) is 1. The summed E-state index contributed by atoms with van der Waals surface area (Å²) in [5.41, 5.74) is 1.78. The van der Waals surface area contributed by atoms with Crippen LogP contribution < -0.4 is 4.90 Å². The maximum Gasteiger partial charge on any atom is 0.253 e. The molecule has 2 aromatic rings. The molecule has 2 aliphatic rings. The fraction of sp³-hybridized carbons (Fsp3) is 0.391. The van der Waals surface area contributed by atoms with Gasteiger partial charge in [-0.15, -0.1) is 0 Å². The normalized spacial score (nSPS) is 17.8. The zero-order chi connectivity index (χ0) is 20.9. The molecule has 0 radical (unpaired) electrons. The summed E-state index contributed by atoms with van der Waals surface area (Å²) in [5.74, 6) is 0.480. The Morgan fingerprint density at radius 2 is 1.33 bits per heavy atom. The van der Waals surface area contributed by atoms with Crippen molar-refractivity contribution in [2.75, 3.05) is 63.8 Å². The summed E-state index contributed by atoms with van der Waals surface area (Å²) in [7, 11) is 0. The molecular formula is C23H28N4O3. The van der Waals surface area contributed by atoms with E-state index in [9.17, 15) is 14.7 Å². The lowest BCUT2D eigenvalue weighted by atomic mass is 10.2. The first kappa shape index (κ1) is 20.2. The Morgan fingerprint density at radius 3 is 1.97 bits per heavy atom. The highest BCUT2D eigenvalue weighted by atomic mass is 16.3. The van der Waals surface area contributed by atoms with Crippen molar-refractivity contribution >= 4 is 17.5 Å². The number of carbonyl (C=O) groups is 2. The standard InChI is InChI=1S/C23H28N4O3/c28-21-8-6-20(7-9-21)25-14-16-26(17-15-25)22(29)18-24-10-12-27(13-11-24)23(30)19-4-2-1-3-5-19/h1-9,28H,10-18H2. The van der Waals surface area contributed by atoms with E-state index in [2.05, 4.69) is 9.80 Å². The van der Waals surface area contributed by atoms with Crippen LogP contribution in [0.4, 0.5) is 5.69 Å². The van der Waals surface area contributed by atoms with Gasteiger partial charge in [-0.25, -0.2) is 0 Å². The predicted octanol–water partition coefficient (Wildman–Crippen LogP) is 1.50. The number of rotatable bonds is 4. The van der Waals surface area contributed by atoms with Crippen molar-refractivity contribution in [3.8, 4) is 5.75 Å². The number of nitrogens with zero attached hydrogens (tertiary/aromatic N) is 4. The fourth-order valence-electron chi connectivity index (χ4n) is 4.04. The van der Waals surface area contributed by atoms with Gasteiger partial charge in [0.2, 0.25) is 5.91 Å². The summed E-state index contributed by atoms with van der Waals surface area (Å²) in [6, 6.07) is 16.5. The number of phenolic OH excluding ortho intramolecular Hbond substituents is 1. The minimum absolute atomic E-state index is 0.0620. The number of anilines is 1. The average molecular weight is 409 g/mol. The highest BCUT2D eigenvalue weighted by Gasteiger charge is 2.26. The quantitative estimate of drug-likeness (QED) is 0.831. The maximum atomic E-state index is 12.7. The highest BCUT2D eigenvalue weighted by Crippen LogP contribution is 2.20. The van der Waals surface area contributed by atoms with E-state index in [1.807, 2.05) is 52.3 Å². The Morgan fingerprint density at radius 1 is 0.733 bits per heavy atom. The van der Waals surface area contributed by atoms with Gasteiger partial charge < -0.3 is 19.8 Å². The molecule has 0 aromatic heterocycles. The summed E-state index contributed by atoms with van der Waals surface area (Å²) in [4.78, 5) is 33.5. The lowest BCUT2D eigenvalue weighted by molar-refractivity contribution is -0.133. The number of hydrogen-bond acceptors (Lipinski definition) is 5.